The predicted molar refractivity (Wildman–Crippen MR) is 72.1 cm³/mol. The smallest absolute Gasteiger partial charge is 0.126 e. The molecular weight excluding hydrogens is 280 g/mol. The van der Waals surface area contributed by atoms with Crippen molar-refractivity contribution in [1.29, 1.82) is 0 Å². The molecule has 0 radical (unpaired) electrons. The summed E-state index contributed by atoms with van der Waals surface area (Å²) < 4.78 is 3.06. The van der Waals surface area contributed by atoms with Gasteiger partial charge in [0.2, 0.25) is 0 Å². The highest BCUT2D eigenvalue weighted by Crippen LogP contribution is 2.15. The molecule has 2 heterocycles. The van der Waals surface area contributed by atoms with Gasteiger partial charge in [-0.05, 0) is 35.0 Å². The molecule has 0 aliphatic carbocycles. The molecule has 2 aromatic rings. The number of anilines is 1. The van der Waals surface area contributed by atoms with E-state index in [1.807, 2.05) is 43.1 Å². The number of aryl methyl sites for hydroxylation is 2. The van der Waals surface area contributed by atoms with E-state index in [1.54, 1.807) is 0 Å². The van der Waals surface area contributed by atoms with Crippen LogP contribution in [0.25, 0.3) is 0 Å². The van der Waals surface area contributed by atoms with Gasteiger partial charge in [-0.1, -0.05) is 0 Å². The second-order valence-electron chi connectivity index (χ2n) is 3.89. The first-order valence-electron chi connectivity index (χ1n) is 5.50. The van der Waals surface area contributed by atoms with Crippen molar-refractivity contribution in [1.82, 2.24) is 14.5 Å². The lowest BCUT2D eigenvalue weighted by molar-refractivity contribution is 0.788. The number of aromatic nitrogens is 3. The summed E-state index contributed by atoms with van der Waals surface area (Å²) in [6.07, 6.45) is 4.66. The number of pyridine rings is 1. The summed E-state index contributed by atoms with van der Waals surface area (Å²) >= 11 is 3.43. The Balaban J connectivity index is 1.90. The number of hydrogen-bond acceptors (Lipinski definition) is 3. The first-order chi connectivity index (χ1) is 8.16. The molecule has 0 aliphatic heterocycles. The predicted octanol–water partition coefficient (Wildman–Crippen LogP) is 2.54. The van der Waals surface area contributed by atoms with Crippen LogP contribution in [-0.2, 0) is 13.5 Å². The average molecular weight is 295 g/mol. The normalized spacial score (nSPS) is 10.5. The fourth-order valence-electron chi connectivity index (χ4n) is 1.58. The zero-order chi connectivity index (χ0) is 12.3. The largest absolute Gasteiger partial charge is 0.370 e. The Morgan fingerprint density at radius 2 is 2.24 bits per heavy atom. The van der Waals surface area contributed by atoms with E-state index in [0.29, 0.717) is 0 Å². The van der Waals surface area contributed by atoms with Crippen molar-refractivity contribution in [2.24, 2.45) is 7.05 Å². The molecule has 0 spiro atoms. The first kappa shape index (κ1) is 12.1. The van der Waals surface area contributed by atoms with Gasteiger partial charge in [-0.15, -0.1) is 0 Å². The van der Waals surface area contributed by atoms with Gasteiger partial charge in [0.1, 0.15) is 11.6 Å². The molecule has 0 amide bonds. The maximum Gasteiger partial charge on any atom is 0.126 e. The van der Waals surface area contributed by atoms with E-state index < -0.39 is 0 Å². The average Bonchev–Trinajstić information content (AvgIpc) is 2.70. The Labute approximate surface area is 109 Å². The second-order valence-corrected chi connectivity index (χ2v) is 4.75. The van der Waals surface area contributed by atoms with Crippen molar-refractivity contribution in [3.8, 4) is 0 Å². The van der Waals surface area contributed by atoms with Crippen molar-refractivity contribution in [2.75, 3.05) is 11.9 Å². The highest BCUT2D eigenvalue weighted by Gasteiger charge is 2.01. The lowest BCUT2D eigenvalue weighted by Gasteiger charge is -2.07. The molecule has 0 aromatic carbocycles. The Bertz CT molecular complexity index is 507. The van der Waals surface area contributed by atoms with Crippen molar-refractivity contribution in [2.45, 2.75) is 13.3 Å². The molecule has 2 aromatic heterocycles. The quantitative estimate of drug-likeness (QED) is 0.942. The van der Waals surface area contributed by atoms with Crippen LogP contribution in [0.2, 0.25) is 0 Å². The van der Waals surface area contributed by atoms with Crippen LogP contribution in [0.1, 0.15) is 11.5 Å². The number of rotatable bonds is 4. The fourth-order valence-corrected chi connectivity index (χ4v) is 1.80. The van der Waals surface area contributed by atoms with Gasteiger partial charge in [0, 0.05) is 36.9 Å². The Morgan fingerprint density at radius 1 is 1.41 bits per heavy atom. The SMILES string of the molecule is Cc1nc(NCCc2nccn2C)ccc1Br. The van der Waals surface area contributed by atoms with Crippen molar-refractivity contribution in [3.05, 3.63) is 40.5 Å². The Morgan fingerprint density at radius 3 is 2.88 bits per heavy atom. The van der Waals surface area contributed by atoms with E-state index in [1.165, 1.54) is 0 Å². The van der Waals surface area contributed by atoms with Crippen LogP contribution in [0.4, 0.5) is 5.82 Å². The molecule has 0 atom stereocenters. The highest BCUT2D eigenvalue weighted by atomic mass is 79.9. The van der Waals surface area contributed by atoms with E-state index in [0.717, 1.165) is 34.8 Å². The first-order valence-corrected chi connectivity index (χ1v) is 6.29. The van der Waals surface area contributed by atoms with E-state index in [2.05, 4.69) is 31.2 Å². The summed E-state index contributed by atoms with van der Waals surface area (Å²) in [5.74, 6) is 1.98. The van der Waals surface area contributed by atoms with Crippen LogP contribution in [0.15, 0.2) is 29.0 Å². The van der Waals surface area contributed by atoms with Crippen molar-refractivity contribution in [3.63, 3.8) is 0 Å². The lowest BCUT2D eigenvalue weighted by Crippen LogP contribution is -2.09. The third-order valence-electron chi connectivity index (χ3n) is 2.60. The minimum Gasteiger partial charge on any atom is -0.370 e. The van der Waals surface area contributed by atoms with Gasteiger partial charge < -0.3 is 9.88 Å². The zero-order valence-electron chi connectivity index (χ0n) is 9.94. The van der Waals surface area contributed by atoms with E-state index in [9.17, 15) is 0 Å². The van der Waals surface area contributed by atoms with Crippen molar-refractivity contribution >= 4 is 21.7 Å². The molecule has 17 heavy (non-hydrogen) atoms. The van der Waals surface area contributed by atoms with Gasteiger partial charge in [-0.3, -0.25) is 0 Å². The molecule has 4 nitrogen and oxygen atoms in total. The van der Waals surface area contributed by atoms with E-state index in [-0.39, 0.29) is 0 Å². The maximum atomic E-state index is 4.43. The standard InChI is InChI=1S/C12H15BrN4/c1-9-10(13)3-4-11(16-9)14-6-5-12-15-7-8-17(12)2/h3-4,7-8H,5-6H2,1-2H3,(H,14,16). The maximum absolute atomic E-state index is 4.43. The van der Waals surface area contributed by atoms with Gasteiger partial charge in [0.25, 0.3) is 0 Å². The molecule has 0 saturated carbocycles. The van der Waals surface area contributed by atoms with Crippen LogP contribution >= 0.6 is 15.9 Å². The monoisotopic (exact) mass is 294 g/mol. The molecule has 0 unspecified atom stereocenters. The third-order valence-corrected chi connectivity index (χ3v) is 3.44. The molecule has 0 fully saturated rings. The number of nitrogens with zero attached hydrogens (tertiary/aromatic N) is 3. The van der Waals surface area contributed by atoms with Crippen LogP contribution in [0, 0.1) is 6.92 Å². The van der Waals surface area contributed by atoms with Crippen LogP contribution in [-0.4, -0.2) is 21.1 Å². The number of hydrogen-bond donors (Lipinski definition) is 1. The Kier molecular flexibility index (Phi) is 3.78. The highest BCUT2D eigenvalue weighted by molar-refractivity contribution is 9.10. The second kappa shape index (κ2) is 5.31. The number of imidazole rings is 1. The number of halogens is 1. The zero-order valence-corrected chi connectivity index (χ0v) is 11.5. The van der Waals surface area contributed by atoms with Crippen LogP contribution in [0.5, 0.6) is 0 Å². The van der Waals surface area contributed by atoms with Crippen LogP contribution < -0.4 is 5.32 Å². The molecule has 1 N–H and O–H groups in total. The molecule has 0 saturated heterocycles. The summed E-state index contributed by atoms with van der Waals surface area (Å²) in [7, 11) is 2.00. The lowest BCUT2D eigenvalue weighted by atomic mass is 10.3. The minimum atomic E-state index is 0.832. The molecule has 0 aliphatic rings. The summed E-state index contributed by atoms with van der Waals surface area (Å²) in [6.45, 7) is 2.81. The fraction of sp³-hybridized carbons (Fsp3) is 0.333. The third kappa shape index (κ3) is 3.06. The number of nitrogens with one attached hydrogen (secondary N) is 1. The Hall–Kier alpha value is -1.36. The summed E-state index contributed by atoms with van der Waals surface area (Å²) in [5.41, 5.74) is 0.993. The molecule has 2 rings (SSSR count). The van der Waals surface area contributed by atoms with E-state index in [4.69, 9.17) is 0 Å². The summed E-state index contributed by atoms with van der Waals surface area (Å²) in [5, 5.41) is 3.29. The minimum absolute atomic E-state index is 0.832. The van der Waals surface area contributed by atoms with Gasteiger partial charge >= 0.3 is 0 Å². The van der Waals surface area contributed by atoms with Crippen molar-refractivity contribution < 1.29 is 0 Å². The van der Waals surface area contributed by atoms with Gasteiger partial charge in [0.05, 0.1) is 5.69 Å². The summed E-state index contributed by atoms with van der Waals surface area (Å²) in [6, 6.07) is 3.97. The van der Waals surface area contributed by atoms with Crippen LogP contribution in [0.3, 0.4) is 0 Å². The van der Waals surface area contributed by atoms with Gasteiger partial charge in [0.15, 0.2) is 0 Å². The topological polar surface area (TPSA) is 42.7 Å². The van der Waals surface area contributed by atoms with E-state index >= 15 is 0 Å². The van der Waals surface area contributed by atoms with Gasteiger partial charge in [-0.25, -0.2) is 9.97 Å². The summed E-state index contributed by atoms with van der Waals surface area (Å²) in [4.78, 5) is 8.70. The molecule has 5 heteroatoms. The van der Waals surface area contributed by atoms with Gasteiger partial charge in [-0.2, -0.15) is 0 Å². The molecular formula is C12H15BrN4. The molecule has 90 valence electrons. The molecule has 0 bridgehead atoms.